The van der Waals surface area contributed by atoms with E-state index in [0.29, 0.717) is 18.0 Å². The van der Waals surface area contributed by atoms with E-state index in [9.17, 15) is 9.59 Å². The Labute approximate surface area is 169 Å². The van der Waals surface area contributed by atoms with Crippen LogP contribution in [0.5, 0.6) is 11.5 Å². The van der Waals surface area contributed by atoms with Crippen LogP contribution >= 0.6 is 0 Å². The molecule has 146 valence electrons. The van der Waals surface area contributed by atoms with Crippen LogP contribution in [0, 0.1) is 6.92 Å². The number of amides is 2. The number of fused-ring (bicyclic) bond motifs is 1. The number of para-hydroxylation sites is 2. The highest BCUT2D eigenvalue weighted by molar-refractivity contribution is 6.01. The lowest BCUT2D eigenvalue weighted by atomic mass is 9.90. The maximum absolute atomic E-state index is 12.9. The molecule has 0 aliphatic carbocycles. The molecule has 1 heterocycles. The SMILES string of the molecule is Cc1ccc(Oc2ccccc2CNC(=O)C2CC(=O)Nc3ccccc32)cc1. The number of benzene rings is 3. The van der Waals surface area contributed by atoms with Gasteiger partial charge in [0, 0.05) is 24.2 Å². The van der Waals surface area contributed by atoms with E-state index in [4.69, 9.17) is 4.74 Å². The van der Waals surface area contributed by atoms with Gasteiger partial charge in [-0.25, -0.2) is 0 Å². The van der Waals surface area contributed by atoms with Crippen LogP contribution in [0.2, 0.25) is 0 Å². The van der Waals surface area contributed by atoms with Gasteiger partial charge in [0.1, 0.15) is 11.5 Å². The van der Waals surface area contributed by atoms with Gasteiger partial charge in [-0.05, 0) is 36.8 Å². The van der Waals surface area contributed by atoms with Crippen molar-refractivity contribution in [2.75, 3.05) is 5.32 Å². The highest BCUT2D eigenvalue weighted by atomic mass is 16.5. The van der Waals surface area contributed by atoms with Crippen LogP contribution in [-0.4, -0.2) is 11.8 Å². The van der Waals surface area contributed by atoms with E-state index >= 15 is 0 Å². The summed E-state index contributed by atoms with van der Waals surface area (Å²) in [5.41, 5.74) is 3.57. The van der Waals surface area contributed by atoms with Gasteiger partial charge < -0.3 is 15.4 Å². The average molecular weight is 386 g/mol. The number of aryl methyl sites for hydroxylation is 1. The lowest BCUT2D eigenvalue weighted by Gasteiger charge is -2.25. The zero-order valence-corrected chi connectivity index (χ0v) is 16.1. The molecule has 1 aliphatic rings. The summed E-state index contributed by atoms with van der Waals surface area (Å²) >= 11 is 0. The first-order chi connectivity index (χ1) is 14.1. The fourth-order valence-electron chi connectivity index (χ4n) is 3.43. The lowest BCUT2D eigenvalue weighted by molar-refractivity contribution is -0.126. The molecule has 5 heteroatoms. The first kappa shape index (κ1) is 18.7. The number of carbonyl (C=O) groups excluding carboxylic acids is 2. The number of nitrogens with one attached hydrogen (secondary N) is 2. The number of hydrogen-bond acceptors (Lipinski definition) is 3. The maximum atomic E-state index is 12.9. The zero-order chi connectivity index (χ0) is 20.2. The van der Waals surface area contributed by atoms with Gasteiger partial charge in [0.15, 0.2) is 0 Å². The Morgan fingerprint density at radius 2 is 1.76 bits per heavy atom. The number of rotatable bonds is 5. The third kappa shape index (κ3) is 4.29. The third-order valence-electron chi connectivity index (χ3n) is 4.99. The monoisotopic (exact) mass is 386 g/mol. The van der Waals surface area contributed by atoms with Gasteiger partial charge in [-0.2, -0.15) is 0 Å². The summed E-state index contributed by atoms with van der Waals surface area (Å²) in [6.45, 7) is 2.35. The van der Waals surface area contributed by atoms with Gasteiger partial charge >= 0.3 is 0 Å². The van der Waals surface area contributed by atoms with Crippen molar-refractivity contribution >= 4 is 17.5 Å². The topological polar surface area (TPSA) is 67.4 Å². The molecule has 0 bridgehead atoms. The Balaban J connectivity index is 1.48. The smallest absolute Gasteiger partial charge is 0.228 e. The highest BCUT2D eigenvalue weighted by Crippen LogP contribution is 2.32. The predicted molar refractivity (Wildman–Crippen MR) is 112 cm³/mol. The van der Waals surface area contributed by atoms with Crippen molar-refractivity contribution in [2.45, 2.75) is 25.8 Å². The molecule has 1 aliphatic heterocycles. The molecule has 4 rings (SSSR count). The molecular formula is C24H22N2O3. The van der Waals surface area contributed by atoms with E-state index in [1.807, 2.05) is 79.7 Å². The second-order valence-electron chi connectivity index (χ2n) is 7.13. The largest absolute Gasteiger partial charge is 0.457 e. The lowest BCUT2D eigenvalue weighted by Crippen LogP contribution is -2.34. The van der Waals surface area contributed by atoms with E-state index in [0.717, 1.165) is 22.4 Å². The molecule has 0 spiro atoms. The van der Waals surface area contributed by atoms with Crippen LogP contribution < -0.4 is 15.4 Å². The van der Waals surface area contributed by atoms with Crippen LogP contribution in [0.4, 0.5) is 5.69 Å². The summed E-state index contributed by atoms with van der Waals surface area (Å²) in [6, 6.07) is 22.9. The summed E-state index contributed by atoms with van der Waals surface area (Å²) in [7, 11) is 0. The molecule has 2 N–H and O–H groups in total. The molecule has 3 aromatic rings. The average Bonchev–Trinajstić information content (AvgIpc) is 2.74. The minimum absolute atomic E-state index is 0.143. The number of hydrogen-bond donors (Lipinski definition) is 2. The molecule has 1 atom stereocenters. The molecule has 0 saturated carbocycles. The minimum atomic E-state index is -0.495. The molecule has 29 heavy (non-hydrogen) atoms. The van der Waals surface area contributed by atoms with Crippen molar-refractivity contribution < 1.29 is 14.3 Å². The van der Waals surface area contributed by atoms with Crippen LogP contribution in [0.15, 0.2) is 72.8 Å². The Morgan fingerprint density at radius 3 is 2.59 bits per heavy atom. The van der Waals surface area contributed by atoms with Gasteiger partial charge in [-0.3, -0.25) is 9.59 Å². The van der Waals surface area contributed by atoms with Gasteiger partial charge in [0.05, 0.1) is 5.92 Å². The summed E-state index contributed by atoms with van der Waals surface area (Å²) < 4.78 is 6.00. The Kier molecular flexibility index (Phi) is 5.29. The van der Waals surface area contributed by atoms with E-state index in [2.05, 4.69) is 10.6 Å². The summed E-state index contributed by atoms with van der Waals surface area (Å²) in [5, 5.41) is 5.79. The van der Waals surface area contributed by atoms with Crippen molar-refractivity contribution in [1.29, 1.82) is 0 Å². The summed E-state index contributed by atoms with van der Waals surface area (Å²) in [6.07, 6.45) is 0.143. The van der Waals surface area contributed by atoms with Gasteiger partial charge in [0.25, 0.3) is 0 Å². The third-order valence-corrected chi connectivity index (χ3v) is 4.99. The standard InChI is InChI=1S/C24H22N2O3/c1-16-10-12-18(13-11-16)29-22-9-5-2-6-17(22)15-25-24(28)20-14-23(27)26-21-8-4-3-7-19(20)21/h2-13,20H,14-15H2,1H3,(H,25,28)(H,26,27). The fourth-order valence-corrected chi connectivity index (χ4v) is 3.43. The van der Waals surface area contributed by atoms with E-state index in [1.54, 1.807) is 0 Å². The highest BCUT2D eigenvalue weighted by Gasteiger charge is 2.30. The molecule has 0 radical (unpaired) electrons. The van der Waals surface area contributed by atoms with E-state index in [-0.39, 0.29) is 18.2 Å². The maximum Gasteiger partial charge on any atom is 0.228 e. The second-order valence-corrected chi connectivity index (χ2v) is 7.13. The van der Waals surface area contributed by atoms with Gasteiger partial charge in [-0.15, -0.1) is 0 Å². The number of anilines is 1. The molecule has 1 unspecified atom stereocenters. The molecule has 3 aromatic carbocycles. The first-order valence-corrected chi connectivity index (χ1v) is 9.59. The van der Waals surface area contributed by atoms with Crippen molar-refractivity contribution in [3.8, 4) is 11.5 Å². The molecule has 0 fully saturated rings. The van der Waals surface area contributed by atoms with Crippen molar-refractivity contribution in [1.82, 2.24) is 5.32 Å². The van der Waals surface area contributed by atoms with E-state index in [1.165, 1.54) is 0 Å². The van der Waals surface area contributed by atoms with E-state index < -0.39 is 5.92 Å². The Bertz CT molecular complexity index is 1040. The van der Waals surface area contributed by atoms with Gasteiger partial charge in [-0.1, -0.05) is 54.1 Å². The summed E-state index contributed by atoms with van der Waals surface area (Å²) in [5.74, 6) is 0.625. The normalized spacial score (nSPS) is 15.2. The van der Waals surface area contributed by atoms with Crippen LogP contribution in [-0.2, 0) is 16.1 Å². The van der Waals surface area contributed by atoms with Gasteiger partial charge in [0.2, 0.25) is 11.8 Å². The molecule has 0 saturated heterocycles. The molecule has 5 nitrogen and oxygen atoms in total. The van der Waals surface area contributed by atoms with Crippen LogP contribution in [0.1, 0.15) is 29.0 Å². The van der Waals surface area contributed by atoms with Crippen molar-refractivity contribution in [3.63, 3.8) is 0 Å². The van der Waals surface area contributed by atoms with Crippen LogP contribution in [0.25, 0.3) is 0 Å². The van der Waals surface area contributed by atoms with Crippen LogP contribution in [0.3, 0.4) is 0 Å². The number of carbonyl (C=O) groups is 2. The fraction of sp³-hybridized carbons (Fsp3) is 0.167. The van der Waals surface area contributed by atoms with Crippen molar-refractivity contribution in [3.05, 3.63) is 89.5 Å². The minimum Gasteiger partial charge on any atom is -0.457 e. The number of ether oxygens (including phenoxy) is 1. The quantitative estimate of drug-likeness (QED) is 0.677. The summed E-state index contributed by atoms with van der Waals surface area (Å²) in [4.78, 5) is 24.8. The first-order valence-electron chi connectivity index (χ1n) is 9.59. The second kappa shape index (κ2) is 8.19. The van der Waals surface area contributed by atoms with Crippen molar-refractivity contribution in [2.24, 2.45) is 0 Å². The molecule has 0 aromatic heterocycles. The molecular weight excluding hydrogens is 364 g/mol. The zero-order valence-electron chi connectivity index (χ0n) is 16.1. The predicted octanol–water partition coefficient (Wildman–Crippen LogP) is 4.53. The molecule has 2 amide bonds. The Hall–Kier alpha value is -3.60. The Morgan fingerprint density at radius 1 is 1.03 bits per heavy atom.